The van der Waals surface area contributed by atoms with E-state index in [1.54, 1.807) is 48.5 Å². The van der Waals surface area contributed by atoms with Gasteiger partial charge in [0, 0.05) is 22.9 Å². The standard InChI is InChI=1S/C33H30N2O4/c1-3-39-28-17-13-24(14-18-28)15-20-31(36)34-27-16-19-30(29(22-27)33(38)26-7-5-4-6-8-26)35-32(37)21-25-11-9-23(2)10-12-25/h4-20,22H,3,21H2,1-2H3,(H,34,36)(H,35,37)/b20-15+. The lowest BCUT2D eigenvalue weighted by atomic mass is 10.0. The Balaban J connectivity index is 1.52. The fourth-order valence-electron chi connectivity index (χ4n) is 3.95. The van der Waals surface area contributed by atoms with Crippen LogP contribution in [0.15, 0.2) is 103 Å². The molecular formula is C33H30N2O4. The Morgan fingerprint density at radius 3 is 2.23 bits per heavy atom. The molecule has 0 spiro atoms. The first-order valence-electron chi connectivity index (χ1n) is 12.7. The minimum Gasteiger partial charge on any atom is -0.494 e. The largest absolute Gasteiger partial charge is 0.494 e. The molecule has 0 heterocycles. The first kappa shape index (κ1) is 27.1. The molecule has 0 aliphatic rings. The van der Waals surface area contributed by atoms with Gasteiger partial charge in [-0.15, -0.1) is 0 Å². The summed E-state index contributed by atoms with van der Waals surface area (Å²) in [5, 5.41) is 5.67. The van der Waals surface area contributed by atoms with Gasteiger partial charge in [-0.05, 0) is 61.4 Å². The summed E-state index contributed by atoms with van der Waals surface area (Å²) < 4.78 is 5.44. The van der Waals surface area contributed by atoms with Crippen molar-refractivity contribution < 1.29 is 19.1 Å². The Hall–Kier alpha value is -4.97. The molecule has 4 aromatic rings. The second-order valence-corrected chi connectivity index (χ2v) is 8.99. The molecule has 0 radical (unpaired) electrons. The zero-order valence-corrected chi connectivity index (χ0v) is 21.9. The summed E-state index contributed by atoms with van der Waals surface area (Å²) in [4.78, 5) is 38.8. The van der Waals surface area contributed by atoms with E-state index in [-0.39, 0.29) is 29.6 Å². The molecule has 0 fully saturated rings. The van der Waals surface area contributed by atoms with Crippen LogP contribution >= 0.6 is 0 Å². The van der Waals surface area contributed by atoms with Gasteiger partial charge < -0.3 is 15.4 Å². The maximum atomic E-state index is 13.4. The van der Waals surface area contributed by atoms with Crippen LogP contribution in [0.25, 0.3) is 6.08 Å². The van der Waals surface area contributed by atoms with Crippen molar-refractivity contribution in [1.29, 1.82) is 0 Å². The molecule has 39 heavy (non-hydrogen) atoms. The number of carbonyl (C=O) groups excluding carboxylic acids is 3. The summed E-state index contributed by atoms with van der Waals surface area (Å²) in [5.74, 6) is -0.0859. The molecule has 0 saturated carbocycles. The third-order valence-corrected chi connectivity index (χ3v) is 5.95. The number of anilines is 2. The number of aryl methyl sites for hydroxylation is 1. The molecule has 0 aliphatic heterocycles. The second kappa shape index (κ2) is 13.0. The predicted octanol–water partition coefficient (Wildman–Crippen LogP) is 6.46. The van der Waals surface area contributed by atoms with Crippen LogP contribution in [0.3, 0.4) is 0 Å². The molecule has 6 heteroatoms. The van der Waals surface area contributed by atoms with E-state index >= 15 is 0 Å². The van der Waals surface area contributed by atoms with Gasteiger partial charge in [0.1, 0.15) is 5.75 Å². The van der Waals surface area contributed by atoms with Crippen molar-refractivity contribution in [2.24, 2.45) is 0 Å². The quantitative estimate of drug-likeness (QED) is 0.186. The van der Waals surface area contributed by atoms with Crippen molar-refractivity contribution in [3.05, 3.63) is 131 Å². The monoisotopic (exact) mass is 518 g/mol. The molecule has 0 unspecified atom stereocenters. The molecule has 2 N–H and O–H groups in total. The number of ether oxygens (including phenoxy) is 1. The Kier molecular flexibility index (Phi) is 9.03. The summed E-state index contributed by atoms with van der Waals surface area (Å²) in [6.45, 7) is 4.49. The van der Waals surface area contributed by atoms with Crippen LogP contribution in [0.2, 0.25) is 0 Å². The number of rotatable bonds is 10. The van der Waals surface area contributed by atoms with E-state index in [1.807, 2.05) is 68.4 Å². The van der Waals surface area contributed by atoms with Gasteiger partial charge in [0.05, 0.1) is 18.7 Å². The van der Waals surface area contributed by atoms with E-state index < -0.39 is 0 Å². The van der Waals surface area contributed by atoms with Crippen LogP contribution in [0.5, 0.6) is 5.75 Å². The predicted molar refractivity (Wildman–Crippen MR) is 155 cm³/mol. The summed E-state index contributed by atoms with van der Waals surface area (Å²) in [7, 11) is 0. The molecular weight excluding hydrogens is 488 g/mol. The van der Waals surface area contributed by atoms with Gasteiger partial charge in [-0.3, -0.25) is 14.4 Å². The van der Waals surface area contributed by atoms with Crippen molar-refractivity contribution in [2.45, 2.75) is 20.3 Å². The van der Waals surface area contributed by atoms with Crippen molar-refractivity contribution in [1.82, 2.24) is 0 Å². The van der Waals surface area contributed by atoms with Crippen LogP contribution < -0.4 is 15.4 Å². The fraction of sp³-hybridized carbons (Fsp3) is 0.121. The highest BCUT2D eigenvalue weighted by Gasteiger charge is 2.17. The highest BCUT2D eigenvalue weighted by atomic mass is 16.5. The zero-order valence-electron chi connectivity index (χ0n) is 21.9. The number of benzene rings is 4. The summed E-state index contributed by atoms with van der Waals surface area (Å²) >= 11 is 0. The smallest absolute Gasteiger partial charge is 0.248 e. The van der Waals surface area contributed by atoms with Crippen molar-refractivity contribution in [2.75, 3.05) is 17.2 Å². The maximum absolute atomic E-state index is 13.4. The van der Waals surface area contributed by atoms with Crippen LogP contribution in [0.1, 0.15) is 39.5 Å². The second-order valence-electron chi connectivity index (χ2n) is 8.99. The average molecular weight is 519 g/mol. The number of carbonyl (C=O) groups is 3. The van der Waals surface area contributed by atoms with E-state index in [9.17, 15) is 14.4 Å². The molecule has 6 nitrogen and oxygen atoms in total. The van der Waals surface area contributed by atoms with Crippen LogP contribution in [-0.2, 0) is 16.0 Å². The van der Waals surface area contributed by atoms with Gasteiger partial charge in [-0.25, -0.2) is 0 Å². The first-order chi connectivity index (χ1) is 18.9. The first-order valence-corrected chi connectivity index (χ1v) is 12.7. The number of nitrogens with one attached hydrogen (secondary N) is 2. The topological polar surface area (TPSA) is 84.5 Å². The molecule has 4 rings (SSSR count). The number of ketones is 1. The van der Waals surface area contributed by atoms with E-state index in [0.29, 0.717) is 23.5 Å². The van der Waals surface area contributed by atoms with Gasteiger partial charge in [0.25, 0.3) is 0 Å². The number of hydrogen-bond donors (Lipinski definition) is 2. The highest BCUT2D eigenvalue weighted by Crippen LogP contribution is 2.24. The summed E-state index contributed by atoms with van der Waals surface area (Å²) in [6, 6.07) is 28.8. The van der Waals surface area contributed by atoms with Crippen LogP contribution in [0.4, 0.5) is 11.4 Å². The van der Waals surface area contributed by atoms with E-state index in [2.05, 4.69) is 10.6 Å². The summed E-state index contributed by atoms with van der Waals surface area (Å²) in [6.07, 6.45) is 3.29. The minimum absolute atomic E-state index is 0.175. The number of hydrogen-bond acceptors (Lipinski definition) is 4. The van der Waals surface area contributed by atoms with Gasteiger partial charge in [-0.1, -0.05) is 72.3 Å². The Bertz CT molecular complexity index is 1470. The maximum Gasteiger partial charge on any atom is 0.248 e. The van der Waals surface area contributed by atoms with Gasteiger partial charge in [0.2, 0.25) is 11.8 Å². The Labute approximate surface area is 228 Å². The lowest BCUT2D eigenvalue weighted by Gasteiger charge is -2.13. The molecule has 0 saturated heterocycles. The zero-order chi connectivity index (χ0) is 27.6. The van der Waals surface area contributed by atoms with Crippen molar-refractivity contribution in [3.63, 3.8) is 0 Å². The van der Waals surface area contributed by atoms with E-state index in [0.717, 1.165) is 22.4 Å². The van der Waals surface area contributed by atoms with Crippen LogP contribution in [0, 0.1) is 6.92 Å². The molecule has 0 atom stereocenters. The van der Waals surface area contributed by atoms with E-state index in [4.69, 9.17) is 4.74 Å². The SMILES string of the molecule is CCOc1ccc(/C=C/C(=O)Nc2ccc(NC(=O)Cc3ccc(C)cc3)c(C(=O)c3ccccc3)c2)cc1. The lowest BCUT2D eigenvalue weighted by molar-refractivity contribution is -0.115. The third-order valence-electron chi connectivity index (χ3n) is 5.95. The molecule has 0 aromatic heterocycles. The van der Waals surface area contributed by atoms with Gasteiger partial charge >= 0.3 is 0 Å². The highest BCUT2D eigenvalue weighted by molar-refractivity contribution is 6.15. The normalized spacial score (nSPS) is 10.7. The van der Waals surface area contributed by atoms with Gasteiger partial charge in [0.15, 0.2) is 5.78 Å². The summed E-state index contributed by atoms with van der Waals surface area (Å²) in [5.41, 5.74) is 4.41. The minimum atomic E-state index is -0.349. The Morgan fingerprint density at radius 1 is 0.821 bits per heavy atom. The number of amides is 2. The van der Waals surface area contributed by atoms with Crippen LogP contribution in [-0.4, -0.2) is 24.2 Å². The van der Waals surface area contributed by atoms with Crippen molar-refractivity contribution in [3.8, 4) is 5.75 Å². The molecule has 0 bridgehead atoms. The molecule has 4 aromatic carbocycles. The van der Waals surface area contributed by atoms with Crippen molar-refractivity contribution >= 4 is 35.0 Å². The molecule has 2 amide bonds. The average Bonchev–Trinajstić information content (AvgIpc) is 2.95. The van der Waals surface area contributed by atoms with E-state index in [1.165, 1.54) is 6.08 Å². The molecule has 0 aliphatic carbocycles. The lowest BCUT2D eigenvalue weighted by Crippen LogP contribution is -2.18. The fourth-order valence-corrected chi connectivity index (χ4v) is 3.95. The third kappa shape index (κ3) is 7.76. The van der Waals surface area contributed by atoms with Gasteiger partial charge in [-0.2, -0.15) is 0 Å². The Morgan fingerprint density at radius 2 is 1.54 bits per heavy atom. The molecule has 196 valence electrons.